The minimum absolute atomic E-state index is 0.228. The molecule has 0 aliphatic rings. The van der Waals surface area contributed by atoms with Gasteiger partial charge in [-0.15, -0.1) is 11.3 Å². The van der Waals surface area contributed by atoms with Crippen LogP contribution in [0.3, 0.4) is 0 Å². The number of fused-ring (bicyclic) bond motifs is 1. The summed E-state index contributed by atoms with van der Waals surface area (Å²) < 4.78 is 1.35. The quantitative estimate of drug-likeness (QED) is 0.869. The standard InChI is InChI=1S/C16H23NOS/c1-10(9-18)12(3)17-13(4)16-11(2)14-7-5-6-8-15(14)19-16/h5-8,10,12-13,17-18H,9H2,1-4H3. The van der Waals surface area contributed by atoms with Crippen molar-refractivity contribution in [2.24, 2.45) is 5.92 Å². The molecular weight excluding hydrogens is 254 g/mol. The van der Waals surface area contributed by atoms with E-state index < -0.39 is 0 Å². The zero-order valence-corrected chi connectivity index (χ0v) is 12.9. The molecule has 0 amide bonds. The van der Waals surface area contributed by atoms with Crippen molar-refractivity contribution in [3.05, 3.63) is 34.7 Å². The Kier molecular flexibility index (Phi) is 4.61. The Morgan fingerprint density at radius 3 is 2.53 bits per heavy atom. The highest BCUT2D eigenvalue weighted by atomic mass is 32.1. The molecule has 1 aromatic heterocycles. The highest BCUT2D eigenvalue weighted by Gasteiger charge is 2.18. The van der Waals surface area contributed by atoms with Gasteiger partial charge in [-0.25, -0.2) is 0 Å². The first kappa shape index (κ1) is 14.5. The normalized spacial score (nSPS) is 16.5. The van der Waals surface area contributed by atoms with E-state index in [1.54, 1.807) is 0 Å². The fraction of sp³-hybridized carbons (Fsp3) is 0.500. The zero-order chi connectivity index (χ0) is 14.0. The molecule has 0 radical (unpaired) electrons. The van der Waals surface area contributed by atoms with Crippen LogP contribution >= 0.6 is 11.3 Å². The van der Waals surface area contributed by atoms with E-state index in [2.05, 4.69) is 57.3 Å². The lowest BCUT2D eigenvalue weighted by molar-refractivity contribution is 0.202. The van der Waals surface area contributed by atoms with Gasteiger partial charge in [-0.3, -0.25) is 0 Å². The molecule has 19 heavy (non-hydrogen) atoms. The molecule has 0 saturated heterocycles. The minimum atomic E-state index is 0.228. The summed E-state index contributed by atoms with van der Waals surface area (Å²) in [6.07, 6.45) is 0. The highest BCUT2D eigenvalue weighted by Crippen LogP contribution is 2.34. The topological polar surface area (TPSA) is 32.3 Å². The monoisotopic (exact) mass is 277 g/mol. The van der Waals surface area contributed by atoms with Crippen LogP contribution in [0.25, 0.3) is 10.1 Å². The van der Waals surface area contributed by atoms with Gasteiger partial charge < -0.3 is 10.4 Å². The lowest BCUT2D eigenvalue weighted by Crippen LogP contribution is -2.35. The predicted octanol–water partition coefficient (Wildman–Crippen LogP) is 3.88. The molecule has 104 valence electrons. The van der Waals surface area contributed by atoms with Gasteiger partial charge in [-0.2, -0.15) is 0 Å². The molecule has 0 aliphatic carbocycles. The van der Waals surface area contributed by atoms with Crippen molar-refractivity contribution >= 4 is 21.4 Å². The van der Waals surface area contributed by atoms with Crippen LogP contribution in [-0.4, -0.2) is 17.8 Å². The van der Waals surface area contributed by atoms with Crippen LogP contribution in [0.1, 0.15) is 37.3 Å². The van der Waals surface area contributed by atoms with E-state index >= 15 is 0 Å². The van der Waals surface area contributed by atoms with Gasteiger partial charge in [0.2, 0.25) is 0 Å². The number of aliphatic hydroxyl groups excluding tert-OH is 1. The lowest BCUT2D eigenvalue weighted by atomic mass is 10.0. The maximum atomic E-state index is 9.22. The van der Waals surface area contributed by atoms with Crippen molar-refractivity contribution < 1.29 is 5.11 Å². The third-order valence-electron chi connectivity index (χ3n) is 3.93. The third kappa shape index (κ3) is 2.99. The van der Waals surface area contributed by atoms with Crippen LogP contribution in [0.2, 0.25) is 0 Å². The Balaban J connectivity index is 2.22. The Morgan fingerprint density at radius 2 is 1.89 bits per heavy atom. The van der Waals surface area contributed by atoms with Gasteiger partial charge in [0.15, 0.2) is 0 Å². The summed E-state index contributed by atoms with van der Waals surface area (Å²) >= 11 is 1.87. The molecule has 1 aromatic carbocycles. The van der Waals surface area contributed by atoms with Crippen LogP contribution in [0.5, 0.6) is 0 Å². The molecule has 2 rings (SSSR count). The van der Waals surface area contributed by atoms with Crippen LogP contribution in [0.4, 0.5) is 0 Å². The number of hydrogen-bond donors (Lipinski definition) is 2. The Hall–Kier alpha value is -0.900. The van der Waals surface area contributed by atoms with Crippen LogP contribution in [0.15, 0.2) is 24.3 Å². The van der Waals surface area contributed by atoms with Crippen LogP contribution in [-0.2, 0) is 0 Å². The summed E-state index contributed by atoms with van der Waals surface area (Å²) in [4.78, 5) is 1.40. The molecule has 3 heteroatoms. The fourth-order valence-corrected chi connectivity index (χ4v) is 3.62. The van der Waals surface area contributed by atoms with E-state index in [0.29, 0.717) is 12.1 Å². The SMILES string of the molecule is Cc1c(C(C)NC(C)C(C)CO)sc2ccccc12. The van der Waals surface area contributed by atoms with Gasteiger partial charge in [0.05, 0.1) is 0 Å². The average molecular weight is 277 g/mol. The van der Waals surface area contributed by atoms with Gasteiger partial charge in [0.25, 0.3) is 0 Å². The number of nitrogens with one attached hydrogen (secondary N) is 1. The van der Waals surface area contributed by atoms with E-state index in [1.807, 2.05) is 11.3 Å². The molecule has 3 atom stereocenters. The average Bonchev–Trinajstić information content (AvgIpc) is 2.75. The summed E-state index contributed by atoms with van der Waals surface area (Å²) in [6.45, 7) is 8.85. The first-order valence-electron chi connectivity index (χ1n) is 6.89. The lowest BCUT2D eigenvalue weighted by Gasteiger charge is -2.24. The van der Waals surface area contributed by atoms with E-state index in [4.69, 9.17) is 0 Å². The predicted molar refractivity (Wildman–Crippen MR) is 83.8 cm³/mol. The second kappa shape index (κ2) is 6.04. The van der Waals surface area contributed by atoms with Gasteiger partial charge >= 0.3 is 0 Å². The van der Waals surface area contributed by atoms with Crippen molar-refractivity contribution in [1.29, 1.82) is 0 Å². The largest absolute Gasteiger partial charge is 0.396 e. The molecule has 2 nitrogen and oxygen atoms in total. The summed E-state index contributed by atoms with van der Waals surface area (Å²) in [5.41, 5.74) is 1.38. The van der Waals surface area contributed by atoms with E-state index in [-0.39, 0.29) is 12.5 Å². The minimum Gasteiger partial charge on any atom is -0.396 e. The summed E-state index contributed by atoms with van der Waals surface area (Å²) in [6, 6.07) is 9.20. The number of aryl methyl sites for hydroxylation is 1. The Morgan fingerprint density at radius 1 is 1.21 bits per heavy atom. The number of benzene rings is 1. The van der Waals surface area contributed by atoms with E-state index in [1.165, 1.54) is 20.5 Å². The molecule has 2 aromatic rings. The maximum Gasteiger partial charge on any atom is 0.0471 e. The Labute approximate surface area is 119 Å². The molecule has 0 saturated carbocycles. The van der Waals surface area contributed by atoms with E-state index in [0.717, 1.165) is 0 Å². The van der Waals surface area contributed by atoms with Crippen molar-refractivity contribution in [2.75, 3.05) is 6.61 Å². The smallest absolute Gasteiger partial charge is 0.0471 e. The first-order valence-corrected chi connectivity index (χ1v) is 7.71. The summed E-state index contributed by atoms with van der Waals surface area (Å²) in [5.74, 6) is 0.275. The highest BCUT2D eigenvalue weighted by molar-refractivity contribution is 7.19. The maximum absolute atomic E-state index is 9.22. The summed E-state index contributed by atoms with van der Waals surface area (Å²) in [7, 11) is 0. The second-order valence-electron chi connectivity index (χ2n) is 5.42. The second-order valence-corrected chi connectivity index (χ2v) is 6.51. The van der Waals surface area contributed by atoms with Crippen molar-refractivity contribution in [2.45, 2.75) is 39.8 Å². The number of aliphatic hydroxyl groups is 1. The Bertz CT molecular complexity index is 549. The molecule has 2 N–H and O–H groups in total. The van der Waals surface area contributed by atoms with Crippen molar-refractivity contribution in [3.8, 4) is 0 Å². The molecule has 3 unspecified atom stereocenters. The summed E-state index contributed by atoms with van der Waals surface area (Å²) in [5, 5.41) is 14.2. The van der Waals surface area contributed by atoms with E-state index in [9.17, 15) is 5.11 Å². The van der Waals surface area contributed by atoms with Crippen LogP contribution < -0.4 is 5.32 Å². The number of thiophene rings is 1. The molecular formula is C16H23NOS. The molecule has 0 fully saturated rings. The van der Waals surface area contributed by atoms with Gasteiger partial charge in [0, 0.05) is 28.3 Å². The third-order valence-corrected chi connectivity index (χ3v) is 5.38. The first-order chi connectivity index (χ1) is 9.04. The molecule has 0 spiro atoms. The molecule has 0 bridgehead atoms. The molecule has 0 aliphatic heterocycles. The number of hydrogen-bond acceptors (Lipinski definition) is 3. The van der Waals surface area contributed by atoms with Crippen molar-refractivity contribution in [1.82, 2.24) is 5.32 Å². The molecule has 1 heterocycles. The van der Waals surface area contributed by atoms with Crippen LogP contribution in [0, 0.1) is 12.8 Å². The van der Waals surface area contributed by atoms with Gasteiger partial charge in [-0.1, -0.05) is 25.1 Å². The number of rotatable bonds is 5. The zero-order valence-electron chi connectivity index (χ0n) is 12.1. The van der Waals surface area contributed by atoms with Gasteiger partial charge in [0.1, 0.15) is 0 Å². The van der Waals surface area contributed by atoms with Crippen molar-refractivity contribution in [3.63, 3.8) is 0 Å². The van der Waals surface area contributed by atoms with Gasteiger partial charge in [-0.05, 0) is 43.7 Å². The fourth-order valence-electron chi connectivity index (χ4n) is 2.40.